The lowest BCUT2D eigenvalue weighted by atomic mass is 10.3. The summed E-state index contributed by atoms with van der Waals surface area (Å²) in [4.78, 5) is 0. The molecule has 3 heteroatoms. The highest BCUT2D eigenvalue weighted by Crippen LogP contribution is 2.08. The van der Waals surface area contributed by atoms with Crippen LogP contribution in [-0.4, -0.2) is 16.8 Å². The van der Waals surface area contributed by atoms with Crippen molar-refractivity contribution >= 4 is 0 Å². The Morgan fingerprint density at radius 2 is 1.87 bits per heavy atom. The van der Waals surface area contributed by atoms with Crippen molar-refractivity contribution in [2.24, 2.45) is 0 Å². The minimum atomic E-state index is 0.628. The lowest BCUT2D eigenvalue weighted by Crippen LogP contribution is -2.03. The molecule has 0 saturated heterocycles. The predicted octanol–water partition coefficient (Wildman–Crippen LogP) is 2.10. The van der Waals surface area contributed by atoms with Gasteiger partial charge in [0, 0.05) is 12.6 Å². The molecule has 2 rings (SSSR count). The summed E-state index contributed by atoms with van der Waals surface area (Å²) in [7, 11) is 0. The Morgan fingerprint density at radius 3 is 2.60 bits per heavy atom. The van der Waals surface area contributed by atoms with Gasteiger partial charge in [0.25, 0.3) is 0 Å². The molecule has 2 aromatic rings. The zero-order valence-electron chi connectivity index (χ0n) is 8.34. The molecule has 0 aliphatic heterocycles. The van der Waals surface area contributed by atoms with Gasteiger partial charge in [0.15, 0.2) is 0 Å². The molecular formula is C12H12N2O. The van der Waals surface area contributed by atoms with Crippen molar-refractivity contribution in [1.29, 1.82) is 0 Å². The van der Waals surface area contributed by atoms with Gasteiger partial charge in [-0.2, -0.15) is 10.2 Å². The average Bonchev–Trinajstić information content (AvgIpc) is 2.32. The highest BCUT2D eigenvalue weighted by atomic mass is 16.5. The summed E-state index contributed by atoms with van der Waals surface area (Å²) in [6, 6.07) is 13.6. The quantitative estimate of drug-likeness (QED) is 0.758. The number of benzene rings is 1. The van der Waals surface area contributed by atoms with Gasteiger partial charge in [-0.05, 0) is 24.3 Å². The molecule has 0 unspecified atom stereocenters. The van der Waals surface area contributed by atoms with Crippen molar-refractivity contribution in [1.82, 2.24) is 10.2 Å². The molecule has 0 aliphatic carbocycles. The van der Waals surface area contributed by atoms with Gasteiger partial charge in [-0.15, -0.1) is 0 Å². The topological polar surface area (TPSA) is 35.0 Å². The van der Waals surface area contributed by atoms with Crippen LogP contribution in [0.2, 0.25) is 0 Å². The lowest BCUT2D eigenvalue weighted by Gasteiger charge is -2.04. The van der Waals surface area contributed by atoms with E-state index in [1.807, 2.05) is 42.5 Å². The fraction of sp³-hybridized carbons (Fsp3) is 0.167. The number of hydrogen-bond donors (Lipinski definition) is 0. The smallest absolute Gasteiger partial charge is 0.119 e. The Morgan fingerprint density at radius 1 is 1.00 bits per heavy atom. The zero-order chi connectivity index (χ0) is 10.3. The number of aromatic nitrogens is 2. The van der Waals surface area contributed by atoms with Gasteiger partial charge in [0.2, 0.25) is 0 Å². The van der Waals surface area contributed by atoms with E-state index in [0.29, 0.717) is 6.61 Å². The van der Waals surface area contributed by atoms with Crippen LogP contribution in [0.5, 0.6) is 5.75 Å². The van der Waals surface area contributed by atoms with Crippen LogP contribution in [0, 0.1) is 0 Å². The van der Waals surface area contributed by atoms with Crippen molar-refractivity contribution in [3.63, 3.8) is 0 Å². The van der Waals surface area contributed by atoms with E-state index in [4.69, 9.17) is 4.74 Å². The maximum absolute atomic E-state index is 5.54. The first-order valence-corrected chi connectivity index (χ1v) is 4.89. The van der Waals surface area contributed by atoms with Gasteiger partial charge in [0.05, 0.1) is 12.3 Å². The van der Waals surface area contributed by atoms with E-state index in [2.05, 4.69) is 10.2 Å². The largest absolute Gasteiger partial charge is 0.493 e. The molecule has 1 aromatic carbocycles. The molecule has 15 heavy (non-hydrogen) atoms. The molecule has 0 radical (unpaired) electrons. The standard InChI is InChI=1S/C12H12N2O/c1-2-6-12(7-3-1)15-10-8-11-5-4-9-13-14-11/h1-7,9H,8,10H2. The Kier molecular flexibility index (Phi) is 3.28. The maximum atomic E-state index is 5.54. The van der Waals surface area contributed by atoms with Crippen molar-refractivity contribution in [3.05, 3.63) is 54.4 Å². The molecule has 0 amide bonds. The van der Waals surface area contributed by atoms with E-state index in [0.717, 1.165) is 17.9 Å². The summed E-state index contributed by atoms with van der Waals surface area (Å²) in [5, 5.41) is 7.78. The van der Waals surface area contributed by atoms with E-state index in [-0.39, 0.29) is 0 Å². The Hall–Kier alpha value is -1.90. The molecule has 1 heterocycles. The summed E-state index contributed by atoms with van der Waals surface area (Å²) >= 11 is 0. The van der Waals surface area contributed by atoms with Gasteiger partial charge in [-0.25, -0.2) is 0 Å². The second-order valence-corrected chi connectivity index (χ2v) is 3.13. The van der Waals surface area contributed by atoms with Crippen LogP contribution < -0.4 is 4.74 Å². The minimum Gasteiger partial charge on any atom is -0.493 e. The van der Waals surface area contributed by atoms with Gasteiger partial charge in [-0.1, -0.05) is 18.2 Å². The molecular weight excluding hydrogens is 188 g/mol. The van der Waals surface area contributed by atoms with Crippen molar-refractivity contribution in [2.75, 3.05) is 6.61 Å². The van der Waals surface area contributed by atoms with E-state index in [9.17, 15) is 0 Å². The maximum Gasteiger partial charge on any atom is 0.119 e. The van der Waals surface area contributed by atoms with Gasteiger partial charge < -0.3 is 4.74 Å². The van der Waals surface area contributed by atoms with Gasteiger partial charge >= 0.3 is 0 Å². The van der Waals surface area contributed by atoms with Crippen LogP contribution in [0.1, 0.15) is 5.69 Å². The number of ether oxygens (including phenoxy) is 1. The Labute approximate surface area is 88.7 Å². The van der Waals surface area contributed by atoms with Crippen LogP contribution >= 0.6 is 0 Å². The van der Waals surface area contributed by atoms with Crippen molar-refractivity contribution in [2.45, 2.75) is 6.42 Å². The second kappa shape index (κ2) is 5.10. The minimum absolute atomic E-state index is 0.628. The molecule has 0 N–H and O–H groups in total. The molecule has 3 nitrogen and oxygen atoms in total. The number of rotatable bonds is 4. The molecule has 0 fully saturated rings. The summed E-state index contributed by atoms with van der Waals surface area (Å²) in [6.45, 7) is 0.628. The monoisotopic (exact) mass is 200 g/mol. The second-order valence-electron chi connectivity index (χ2n) is 3.13. The van der Waals surface area contributed by atoms with E-state index >= 15 is 0 Å². The van der Waals surface area contributed by atoms with Crippen LogP contribution in [0.4, 0.5) is 0 Å². The zero-order valence-corrected chi connectivity index (χ0v) is 8.34. The van der Waals surface area contributed by atoms with E-state index in [1.54, 1.807) is 6.20 Å². The average molecular weight is 200 g/mol. The molecule has 0 atom stereocenters. The Balaban J connectivity index is 1.81. The molecule has 1 aromatic heterocycles. The lowest BCUT2D eigenvalue weighted by molar-refractivity contribution is 0.320. The first kappa shape index (κ1) is 9.65. The van der Waals surface area contributed by atoms with Crippen molar-refractivity contribution < 1.29 is 4.74 Å². The summed E-state index contributed by atoms with van der Waals surface area (Å²) < 4.78 is 5.54. The predicted molar refractivity (Wildman–Crippen MR) is 57.7 cm³/mol. The van der Waals surface area contributed by atoms with Crippen LogP contribution in [0.3, 0.4) is 0 Å². The molecule has 0 saturated carbocycles. The fourth-order valence-electron chi connectivity index (χ4n) is 1.26. The molecule has 76 valence electrons. The van der Waals surface area contributed by atoms with Crippen LogP contribution in [0.25, 0.3) is 0 Å². The molecule has 0 spiro atoms. The molecule has 0 bridgehead atoms. The number of hydrogen-bond acceptors (Lipinski definition) is 3. The summed E-state index contributed by atoms with van der Waals surface area (Å²) in [5.74, 6) is 0.890. The summed E-state index contributed by atoms with van der Waals surface area (Å²) in [5.41, 5.74) is 0.952. The van der Waals surface area contributed by atoms with Crippen molar-refractivity contribution in [3.8, 4) is 5.75 Å². The molecule has 0 aliphatic rings. The summed E-state index contributed by atoms with van der Waals surface area (Å²) in [6.07, 6.45) is 2.45. The van der Waals surface area contributed by atoms with Crippen LogP contribution in [-0.2, 0) is 6.42 Å². The normalized spacial score (nSPS) is 9.87. The van der Waals surface area contributed by atoms with Gasteiger partial charge in [-0.3, -0.25) is 0 Å². The third-order valence-corrected chi connectivity index (χ3v) is 2.00. The van der Waals surface area contributed by atoms with E-state index < -0.39 is 0 Å². The highest BCUT2D eigenvalue weighted by Gasteiger charge is 1.95. The first-order valence-electron chi connectivity index (χ1n) is 4.89. The first-order chi connectivity index (χ1) is 7.45. The Bertz CT molecular complexity index is 349. The fourth-order valence-corrected chi connectivity index (χ4v) is 1.26. The van der Waals surface area contributed by atoms with Crippen LogP contribution in [0.15, 0.2) is 48.7 Å². The highest BCUT2D eigenvalue weighted by molar-refractivity contribution is 5.20. The number of nitrogens with zero attached hydrogens (tertiary/aromatic N) is 2. The number of para-hydroxylation sites is 1. The third-order valence-electron chi connectivity index (χ3n) is 2.00. The third kappa shape index (κ3) is 3.06. The van der Waals surface area contributed by atoms with Gasteiger partial charge in [0.1, 0.15) is 5.75 Å². The van der Waals surface area contributed by atoms with E-state index in [1.165, 1.54) is 0 Å². The SMILES string of the molecule is c1ccc(OCCc2cccnn2)cc1.